The summed E-state index contributed by atoms with van der Waals surface area (Å²) in [4.78, 5) is 16.7. The lowest BCUT2D eigenvalue weighted by Crippen LogP contribution is -2.14. The van der Waals surface area contributed by atoms with Crippen molar-refractivity contribution < 1.29 is 9.21 Å². The SMILES string of the molecule is Cc1ccn2ncnc2c1NC(=O)c1ccoc1C1CC1. The van der Waals surface area contributed by atoms with Crippen molar-refractivity contribution in [3.63, 3.8) is 0 Å². The van der Waals surface area contributed by atoms with Crippen molar-refractivity contribution in [2.24, 2.45) is 0 Å². The second kappa shape index (κ2) is 4.44. The second-order valence-electron chi connectivity index (χ2n) is 5.33. The van der Waals surface area contributed by atoms with Gasteiger partial charge in [0.1, 0.15) is 12.1 Å². The molecule has 1 N–H and O–H groups in total. The number of aryl methyl sites for hydroxylation is 1. The first kappa shape index (κ1) is 12.1. The van der Waals surface area contributed by atoms with Gasteiger partial charge in [0.15, 0.2) is 5.65 Å². The summed E-state index contributed by atoms with van der Waals surface area (Å²) in [6.45, 7) is 1.93. The molecule has 0 spiro atoms. The first-order chi connectivity index (χ1) is 10.2. The quantitative estimate of drug-likeness (QED) is 0.801. The van der Waals surface area contributed by atoms with Crippen molar-refractivity contribution >= 4 is 17.2 Å². The number of hydrogen-bond donors (Lipinski definition) is 1. The average Bonchev–Trinajstić information content (AvgIpc) is 3.02. The zero-order valence-corrected chi connectivity index (χ0v) is 11.5. The average molecular weight is 282 g/mol. The number of fused-ring (bicyclic) bond motifs is 1. The molecule has 0 saturated heterocycles. The molecule has 4 rings (SSSR count). The van der Waals surface area contributed by atoms with Crippen molar-refractivity contribution in [3.8, 4) is 0 Å². The first-order valence-corrected chi connectivity index (χ1v) is 6.91. The molecule has 0 aliphatic heterocycles. The smallest absolute Gasteiger partial charge is 0.259 e. The maximum Gasteiger partial charge on any atom is 0.259 e. The van der Waals surface area contributed by atoms with Gasteiger partial charge in [-0.15, -0.1) is 0 Å². The van der Waals surface area contributed by atoms with E-state index in [9.17, 15) is 4.79 Å². The van der Waals surface area contributed by atoms with E-state index in [1.165, 1.54) is 6.33 Å². The summed E-state index contributed by atoms with van der Waals surface area (Å²) in [5, 5.41) is 7.02. The lowest BCUT2D eigenvalue weighted by Gasteiger charge is -2.09. The number of nitrogens with one attached hydrogen (secondary N) is 1. The highest BCUT2D eigenvalue weighted by molar-refractivity contribution is 6.07. The third kappa shape index (κ3) is 1.99. The molecule has 3 aromatic heterocycles. The topological polar surface area (TPSA) is 72.4 Å². The Morgan fingerprint density at radius 2 is 2.29 bits per heavy atom. The number of carbonyl (C=O) groups excluding carboxylic acids is 1. The molecule has 0 radical (unpaired) electrons. The minimum atomic E-state index is -0.162. The van der Waals surface area contributed by atoms with Gasteiger partial charge in [-0.2, -0.15) is 5.10 Å². The maximum absolute atomic E-state index is 12.5. The lowest BCUT2D eigenvalue weighted by molar-refractivity contribution is 0.102. The van der Waals surface area contributed by atoms with Crippen LogP contribution in [-0.2, 0) is 0 Å². The van der Waals surface area contributed by atoms with E-state index in [4.69, 9.17) is 4.42 Å². The summed E-state index contributed by atoms with van der Waals surface area (Å²) in [6.07, 6.45) is 7.05. The van der Waals surface area contributed by atoms with E-state index < -0.39 is 0 Å². The van der Waals surface area contributed by atoms with Gasteiger partial charge in [0, 0.05) is 12.1 Å². The van der Waals surface area contributed by atoms with Crippen molar-refractivity contribution in [3.05, 3.63) is 47.8 Å². The fourth-order valence-corrected chi connectivity index (χ4v) is 2.49. The number of furan rings is 1. The number of aromatic nitrogens is 3. The van der Waals surface area contributed by atoms with Gasteiger partial charge in [0.25, 0.3) is 5.91 Å². The van der Waals surface area contributed by atoms with Crippen molar-refractivity contribution in [1.29, 1.82) is 0 Å². The van der Waals surface area contributed by atoms with Gasteiger partial charge in [-0.3, -0.25) is 4.79 Å². The fraction of sp³-hybridized carbons (Fsp3) is 0.267. The number of rotatable bonds is 3. The van der Waals surface area contributed by atoms with Gasteiger partial charge < -0.3 is 9.73 Å². The molecule has 1 saturated carbocycles. The third-order valence-electron chi connectivity index (χ3n) is 3.78. The summed E-state index contributed by atoms with van der Waals surface area (Å²) >= 11 is 0. The molecular weight excluding hydrogens is 268 g/mol. The van der Waals surface area contributed by atoms with Crippen molar-refractivity contribution in [2.75, 3.05) is 5.32 Å². The Balaban J connectivity index is 1.70. The molecule has 0 aromatic carbocycles. The number of carbonyl (C=O) groups is 1. The van der Waals surface area contributed by atoms with E-state index in [0.29, 0.717) is 22.8 Å². The number of amides is 1. The molecule has 1 aliphatic rings. The molecule has 1 aliphatic carbocycles. The predicted octanol–water partition coefficient (Wildman–Crippen LogP) is 2.76. The molecule has 6 heteroatoms. The molecular formula is C15H14N4O2. The van der Waals surface area contributed by atoms with Gasteiger partial charge >= 0.3 is 0 Å². The first-order valence-electron chi connectivity index (χ1n) is 6.91. The van der Waals surface area contributed by atoms with Gasteiger partial charge in [0.2, 0.25) is 0 Å². The molecule has 1 fully saturated rings. The highest BCUT2D eigenvalue weighted by Crippen LogP contribution is 2.42. The molecule has 6 nitrogen and oxygen atoms in total. The molecule has 106 valence electrons. The molecule has 0 atom stereocenters. The van der Waals surface area contributed by atoms with E-state index in [2.05, 4.69) is 15.4 Å². The number of nitrogens with zero attached hydrogens (tertiary/aromatic N) is 3. The maximum atomic E-state index is 12.5. The second-order valence-corrected chi connectivity index (χ2v) is 5.33. The van der Waals surface area contributed by atoms with Crippen LogP contribution in [0.15, 0.2) is 35.3 Å². The standard InChI is InChI=1S/C15H14N4O2/c1-9-4-6-19-14(16-8-17-19)12(9)18-15(20)11-5-7-21-13(11)10-2-3-10/h4-8,10H,2-3H2,1H3,(H,18,20). The highest BCUT2D eigenvalue weighted by atomic mass is 16.3. The molecule has 0 bridgehead atoms. The van der Waals surface area contributed by atoms with Crippen LogP contribution in [0.1, 0.15) is 40.4 Å². The summed E-state index contributed by atoms with van der Waals surface area (Å²) < 4.78 is 7.09. The van der Waals surface area contributed by atoms with Crippen LogP contribution < -0.4 is 5.32 Å². The zero-order valence-electron chi connectivity index (χ0n) is 11.5. The summed E-state index contributed by atoms with van der Waals surface area (Å²) in [5.74, 6) is 1.02. The number of anilines is 1. The Morgan fingerprint density at radius 1 is 1.43 bits per heavy atom. The van der Waals surface area contributed by atoms with Crippen LogP contribution in [0, 0.1) is 6.92 Å². The van der Waals surface area contributed by atoms with Gasteiger partial charge in [-0.1, -0.05) is 0 Å². The van der Waals surface area contributed by atoms with Crippen LogP contribution in [0.4, 0.5) is 5.69 Å². The normalized spacial score (nSPS) is 14.5. The molecule has 1 amide bonds. The summed E-state index contributed by atoms with van der Waals surface area (Å²) in [5.41, 5.74) is 2.88. The molecule has 3 heterocycles. The fourth-order valence-electron chi connectivity index (χ4n) is 2.49. The van der Waals surface area contributed by atoms with Gasteiger partial charge in [-0.05, 0) is 37.5 Å². The Labute approximate surface area is 120 Å². The third-order valence-corrected chi connectivity index (χ3v) is 3.78. The van der Waals surface area contributed by atoms with Crippen LogP contribution in [0.25, 0.3) is 5.65 Å². The lowest BCUT2D eigenvalue weighted by atomic mass is 10.1. The number of hydrogen-bond acceptors (Lipinski definition) is 4. The van der Waals surface area contributed by atoms with Crippen LogP contribution in [0.5, 0.6) is 0 Å². The number of pyridine rings is 1. The Hall–Kier alpha value is -2.63. The monoisotopic (exact) mass is 282 g/mol. The molecule has 3 aromatic rings. The minimum absolute atomic E-state index is 0.162. The molecule has 21 heavy (non-hydrogen) atoms. The van der Waals surface area contributed by atoms with Gasteiger partial charge in [0.05, 0.1) is 17.5 Å². The summed E-state index contributed by atoms with van der Waals surface area (Å²) in [7, 11) is 0. The summed E-state index contributed by atoms with van der Waals surface area (Å²) in [6, 6.07) is 3.62. The largest absolute Gasteiger partial charge is 0.468 e. The highest BCUT2D eigenvalue weighted by Gasteiger charge is 2.31. The Bertz CT molecular complexity index is 829. The van der Waals surface area contributed by atoms with Gasteiger partial charge in [-0.25, -0.2) is 9.50 Å². The Morgan fingerprint density at radius 3 is 3.10 bits per heavy atom. The van der Waals surface area contributed by atoms with Crippen LogP contribution in [0.3, 0.4) is 0 Å². The van der Waals surface area contributed by atoms with Crippen LogP contribution in [-0.4, -0.2) is 20.5 Å². The van der Waals surface area contributed by atoms with E-state index in [1.807, 2.05) is 19.2 Å². The van der Waals surface area contributed by atoms with Crippen LogP contribution >= 0.6 is 0 Å². The molecule has 0 unspecified atom stereocenters. The van der Waals surface area contributed by atoms with E-state index >= 15 is 0 Å². The minimum Gasteiger partial charge on any atom is -0.468 e. The predicted molar refractivity (Wildman–Crippen MR) is 76.4 cm³/mol. The van der Waals surface area contributed by atoms with E-state index in [-0.39, 0.29) is 5.91 Å². The van der Waals surface area contributed by atoms with E-state index in [1.54, 1.807) is 16.8 Å². The zero-order chi connectivity index (χ0) is 14.4. The Kier molecular flexibility index (Phi) is 2.57. The van der Waals surface area contributed by atoms with Crippen molar-refractivity contribution in [1.82, 2.24) is 14.6 Å². The van der Waals surface area contributed by atoms with E-state index in [0.717, 1.165) is 24.2 Å². The van der Waals surface area contributed by atoms with Crippen LogP contribution in [0.2, 0.25) is 0 Å². The van der Waals surface area contributed by atoms with Crippen molar-refractivity contribution in [2.45, 2.75) is 25.7 Å².